The molecule has 0 bridgehead atoms. The van der Waals surface area contributed by atoms with Crippen LogP contribution in [0.3, 0.4) is 0 Å². The fourth-order valence-electron chi connectivity index (χ4n) is 3.75. The Labute approximate surface area is 61.3 Å². The topological polar surface area (TPSA) is 0 Å². The number of hydrogen-bond acceptors (Lipinski definition) is 0. The molecule has 0 aromatic carbocycles. The van der Waals surface area contributed by atoms with Crippen LogP contribution >= 0.6 is 0 Å². The molecule has 0 aromatic heterocycles. The van der Waals surface area contributed by atoms with Crippen LogP contribution in [0.4, 0.5) is 0 Å². The lowest BCUT2D eigenvalue weighted by Gasteiger charge is -1.85. The fraction of sp³-hybridized carbons (Fsp3) is 0.800. The lowest BCUT2D eigenvalue weighted by atomic mass is 10.2. The van der Waals surface area contributed by atoms with E-state index in [0.717, 1.165) is 16.2 Å². The number of allylic oxidation sites excluding steroid dienone is 1. The van der Waals surface area contributed by atoms with E-state index in [4.69, 9.17) is 0 Å². The van der Waals surface area contributed by atoms with Crippen LogP contribution in [0.2, 0.25) is 0 Å². The van der Waals surface area contributed by atoms with Gasteiger partial charge in [0.15, 0.2) is 0 Å². The zero-order valence-corrected chi connectivity index (χ0v) is 6.24. The van der Waals surface area contributed by atoms with E-state index in [2.05, 4.69) is 6.58 Å². The van der Waals surface area contributed by atoms with Crippen molar-refractivity contribution in [3.8, 4) is 0 Å². The van der Waals surface area contributed by atoms with E-state index >= 15 is 0 Å². The normalized spacial score (nSPS) is 63.8. The maximum absolute atomic E-state index is 4.11. The van der Waals surface area contributed by atoms with E-state index in [-0.39, 0.29) is 0 Å². The van der Waals surface area contributed by atoms with Crippen LogP contribution in [0.15, 0.2) is 12.2 Å². The first-order chi connectivity index (χ1) is 4.75. The van der Waals surface area contributed by atoms with Crippen LogP contribution in [-0.2, 0) is 0 Å². The van der Waals surface area contributed by atoms with Gasteiger partial charge in [-0.1, -0.05) is 12.2 Å². The smallest absolute Gasteiger partial charge is 0.00148 e. The van der Waals surface area contributed by atoms with Gasteiger partial charge in [0.25, 0.3) is 0 Å². The van der Waals surface area contributed by atoms with Crippen molar-refractivity contribution in [2.45, 2.75) is 32.1 Å². The second-order valence-electron chi connectivity index (χ2n) is 5.08. The van der Waals surface area contributed by atoms with Crippen LogP contribution in [0.1, 0.15) is 32.1 Å². The minimum atomic E-state index is 0.767. The molecule has 3 spiro atoms. The molecule has 0 saturated heterocycles. The molecule has 4 aliphatic rings. The summed E-state index contributed by atoms with van der Waals surface area (Å²) in [6.45, 7) is 4.11. The first-order valence-electron chi connectivity index (χ1n) is 4.43. The minimum absolute atomic E-state index is 0.767. The molecule has 0 aliphatic heterocycles. The summed E-state index contributed by atoms with van der Waals surface area (Å²) in [5.41, 5.74) is 4.17. The van der Waals surface area contributed by atoms with Crippen LogP contribution in [-0.4, -0.2) is 0 Å². The summed E-state index contributed by atoms with van der Waals surface area (Å²) < 4.78 is 0. The molecule has 0 N–H and O–H groups in total. The Morgan fingerprint density at radius 3 is 2.20 bits per heavy atom. The van der Waals surface area contributed by atoms with Crippen LogP contribution < -0.4 is 0 Å². The van der Waals surface area contributed by atoms with E-state index in [0.29, 0.717) is 0 Å². The predicted octanol–water partition coefficient (Wildman–Crippen LogP) is 2.51. The van der Waals surface area contributed by atoms with Gasteiger partial charge in [0.05, 0.1) is 0 Å². The number of fused-ring (bicyclic) bond motifs is 2. The van der Waals surface area contributed by atoms with Crippen molar-refractivity contribution in [3.63, 3.8) is 0 Å². The maximum atomic E-state index is 4.11. The molecular weight excluding hydrogens is 120 g/mol. The van der Waals surface area contributed by atoms with Crippen LogP contribution in [0, 0.1) is 16.2 Å². The van der Waals surface area contributed by atoms with Gasteiger partial charge >= 0.3 is 0 Å². The summed E-state index contributed by atoms with van der Waals surface area (Å²) in [6, 6.07) is 0. The van der Waals surface area contributed by atoms with E-state index in [1.807, 2.05) is 0 Å². The van der Waals surface area contributed by atoms with Gasteiger partial charge in [-0.2, -0.15) is 0 Å². The third kappa shape index (κ3) is 0.223. The predicted molar refractivity (Wildman–Crippen MR) is 39.5 cm³/mol. The average molecular weight is 132 g/mol. The zero-order valence-electron chi connectivity index (χ0n) is 6.24. The van der Waals surface area contributed by atoms with E-state index < -0.39 is 0 Å². The van der Waals surface area contributed by atoms with Crippen molar-refractivity contribution in [1.29, 1.82) is 0 Å². The van der Waals surface area contributed by atoms with Crippen LogP contribution in [0.5, 0.6) is 0 Å². The van der Waals surface area contributed by atoms with Gasteiger partial charge in [-0.3, -0.25) is 0 Å². The summed E-state index contributed by atoms with van der Waals surface area (Å²) in [6.07, 6.45) is 7.64. The number of rotatable bonds is 0. The molecule has 4 aliphatic carbocycles. The highest BCUT2D eigenvalue weighted by Crippen LogP contribution is 3.02. The highest BCUT2D eigenvalue weighted by molar-refractivity contribution is 5.54. The molecule has 4 rings (SSSR count). The number of hydrogen-bond donors (Lipinski definition) is 0. The minimum Gasteiger partial charge on any atom is -0.0992 e. The van der Waals surface area contributed by atoms with E-state index in [9.17, 15) is 0 Å². The Kier molecular flexibility index (Phi) is 0.362. The largest absolute Gasteiger partial charge is 0.0992 e. The second-order valence-corrected chi connectivity index (χ2v) is 5.08. The summed E-state index contributed by atoms with van der Waals surface area (Å²) in [5, 5.41) is 0. The third-order valence-electron chi connectivity index (χ3n) is 4.85. The standard InChI is InChI=1S/C10H12/c1-7-4-9(7)6-10(9)5-8(10)2-3-8/h1-6H2. The van der Waals surface area contributed by atoms with Gasteiger partial charge < -0.3 is 0 Å². The molecule has 0 radical (unpaired) electrons. The van der Waals surface area contributed by atoms with Crippen molar-refractivity contribution in [2.75, 3.05) is 0 Å². The highest BCUT2D eigenvalue weighted by Gasteiger charge is 2.94. The summed E-state index contributed by atoms with van der Waals surface area (Å²) >= 11 is 0. The molecule has 2 unspecified atom stereocenters. The van der Waals surface area contributed by atoms with Gasteiger partial charge in [0, 0.05) is 5.41 Å². The van der Waals surface area contributed by atoms with Gasteiger partial charge in [0.2, 0.25) is 0 Å². The molecular formula is C10H12. The van der Waals surface area contributed by atoms with Crippen molar-refractivity contribution in [3.05, 3.63) is 12.2 Å². The van der Waals surface area contributed by atoms with Gasteiger partial charge in [-0.05, 0) is 42.9 Å². The van der Waals surface area contributed by atoms with E-state index in [1.165, 1.54) is 6.42 Å². The Morgan fingerprint density at radius 1 is 1.20 bits per heavy atom. The van der Waals surface area contributed by atoms with Gasteiger partial charge in [-0.15, -0.1) is 0 Å². The fourth-order valence-corrected chi connectivity index (χ4v) is 3.75. The zero-order chi connectivity index (χ0) is 6.61. The lowest BCUT2D eigenvalue weighted by molar-refractivity contribution is 0.636. The molecule has 10 heavy (non-hydrogen) atoms. The summed E-state index contributed by atoms with van der Waals surface area (Å²) in [5.74, 6) is 0. The first-order valence-corrected chi connectivity index (χ1v) is 4.43. The quantitative estimate of drug-likeness (QED) is 0.444. The van der Waals surface area contributed by atoms with Crippen molar-refractivity contribution in [1.82, 2.24) is 0 Å². The molecule has 0 amide bonds. The average Bonchev–Trinajstić information content (AvgIpc) is 2.63. The maximum Gasteiger partial charge on any atom is 0.00148 e. The van der Waals surface area contributed by atoms with E-state index in [1.54, 1.807) is 31.3 Å². The van der Waals surface area contributed by atoms with Crippen molar-refractivity contribution < 1.29 is 0 Å². The summed E-state index contributed by atoms with van der Waals surface area (Å²) in [7, 11) is 0. The molecule has 2 atom stereocenters. The van der Waals surface area contributed by atoms with Gasteiger partial charge in [-0.25, -0.2) is 0 Å². The van der Waals surface area contributed by atoms with Crippen molar-refractivity contribution >= 4 is 0 Å². The second kappa shape index (κ2) is 0.790. The molecule has 0 heterocycles. The van der Waals surface area contributed by atoms with Gasteiger partial charge in [0.1, 0.15) is 0 Å². The molecule has 4 saturated carbocycles. The Hall–Kier alpha value is -0.260. The molecule has 0 heteroatoms. The van der Waals surface area contributed by atoms with Crippen LogP contribution in [0.25, 0.3) is 0 Å². The van der Waals surface area contributed by atoms with Crippen molar-refractivity contribution in [2.24, 2.45) is 16.2 Å². The Morgan fingerprint density at radius 2 is 1.90 bits per heavy atom. The highest BCUT2D eigenvalue weighted by atomic mass is 15.0. The third-order valence-corrected chi connectivity index (χ3v) is 4.85. The molecule has 0 aromatic rings. The Bertz CT molecular complexity index is 272. The first kappa shape index (κ1) is 4.58. The molecule has 0 nitrogen and oxygen atoms in total. The summed E-state index contributed by atoms with van der Waals surface area (Å²) in [4.78, 5) is 0. The Balaban J connectivity index is 1.83. The molecule has 52 valence electrons. The lowest BCUT2D eigenvalue weighted by Crippen LogP contribution is -1.81. The SMILES string of the molecule is C=C1CC12CC21CC12CC2. The monoisotopic (exact) mass is 132 g/mol. The molecule has 4 fully saturated rings.